The van der Waals surface area contributed by atoms with Crippen molar-refractivity contribution in [1.29, 1.82) is 0 Å². The Kier molecular flexibility index (Phi) is 6.01. The summed E-state index contributed by atoms with van der Waals surface area (Å²) in [6.07, 6.45) is -11.8. The molecular weight excluding hydrogens is 464 g/mol. The van der Waals surface area contributed by atoms with Gasteiger partial charge in [-0.15, -0.1) is 0 Å². The summed E-state index contributed by atoms with van der Waals surface area (Å²) in [5.74, 6) is -1.70. The number of rotatable bonds is 5. The summed E-state index contributed by atoms with van der Waals surface area (Å²) < 4.78 is 80.8. The summed E-state index contributed by atoms with van der Waals surface area (Å²) >= 11 is 0. The third-order valence-corrected chi connectivity index (χ3v) is 5.44. The molecule has 1 unspecified atom stereocenters. The third kappa shape index (κ3) is 4.57. The van der Waals surface area contributed by atoms with Crippen LogP contribution in [0.1, 0.15) is 40.0 Å². The number of carboxylic acid groups (broad SMARTS) is 1. The second-order valence-electron chi connectivity index (χ2n) is 7.80. The fourth-order valence-electron chi connectivity index (χ4n) is 3.95. The molecule has 0 spiro atoms. The lowest BCUT2D eigenvalue weighted by atomic mass is 9.86. The SMILES string of the molecule is O=C(O)c1c2c(nc3ccccc13)C(=Cc1ccc(OC(F)(F)C(F)C(F)(F)F)cc1)CCC2. The second-order valence-corrected chi connectivity index (χ2v) is 7.80. The summed E-state index contributed by atoms with van der Waals surface area (Å²) in [5.41, 5.74) is 3.06. The lowest BCUT2D eigenvalue weighted by molar-refractivity contribution is -0.304. The predicted molar refractivity (Wildman–Crippen MR) is 112 cm³/mol. The predicted octanol–water partition coefficient (Wildman–Crippen LogP) is 6.68. The van der Waals surface area contributed by atoms with Gasteiger partial charge in [-0.05, 0) is 60.2 Å². The number of benzene rings is 2. The molecule has 1 aromatic heterocycles. The number of aromatic carboxylic acids is 1. The van der Waals surface area contributed by atoms with Crippen molar-refractivity contribution in [3.05, 3.63) is 70.9 Å². The van der Waals surface area contributed by atoms with Crippen LogP contribution in [0.4, 0.5) is 26.3 Å². The molecule has 178 valence electrons. The van der Waals surface area contributed by atoms with Crippen molar-refractivity contribution in [3.8, 4) is 5.75 Å². The van der Waals surface area contributed by atoms with Gasteiger partial charge in [0.2, 0.25) is 0 Å². The summed E-state index contributed by atoms with van der Waals surface area (Å²) in [4.78, 5) is 16.6. The van der Waals surface area contributed by atoms with Gasteiger partial charge in [-0.3, -0.25) is 0 Å². The molecule has 0 amide bonds. The van der Waals surface area contributed by atoms with Gasteiger partial charge in [-0.2, -0.15) is 22.0 Å². The Bertz CT molecular complexity index is 1270. The number of carbonyl (C=O) groups is 1. The number of ether oxygens (including phenoxy) is 1. The van der Waals surface area contributed by atoms with E-state index in [1.165, 1.54) is 12.1 Å². The molecule has 0 saturated heterocycles. The first-order valence-electron chi connectivity index (χ1n) is 10.2. The third-order valence-electron chi connectivity index (χ3n) is 5.44. The number of nitrogens with zero attached hydrogens (tertiary/aromatic N) is 1. The van der Waals surface area contributed by atoms with E-state index in [-0.39, 0.29) is 5.56 Å². The van der Waals surface area contributed by atoms with Gasteiger partial charge in [-0.25, -0.2) is 14.2 Å². The van der Waals surface area contributed by atoms with Crippen LogP contribution < -0.4 is 4.74 Å². The number of aromatic nitrogens is 1. The van der Waals surface area contributed by atoms with Crippen LogP contribution >= 0.6 is 0 Å². The molecule has 1 aliphatic rings. The van der Waals surface area contributed by atoms with Crippen molar-refractivity contribution in [2.75, 3.05) is 0 Å². The highest BCUT2D eigenvalue weighted by atomic mass is 19.4. The molecule has 3 aromatic rings. The van der Waals surface area contributed by atoms with Gasteiger partial charge in [0.1, 0.15) is 5.75 Å². The fraction of sp³-hybridized carbons (Fsp3) is 0.250. The first-order chi connectivity index (χ1) is 16.0. The fourth-order valence-corrected chi connectivity index (χ4v) is 3.95. The molecule has 34 heavy (non-hydrogen) atoms. The first kappa shape index (κ1) is 23.6. The Morgan fingerprint density at radius 2 is 1.71 bits per heavy atom. The van der Waals surface area contributed by atoms with Crippen molar-refractivity contribution in [2.45, 2.75) is 37.7 Å². The maximum atomic E-state index is 13.5. The normalized spacial score (nSPS) is 16.4. The molecule has 1 atom stereocenters. The molecule has 10 heteroatoms. The Hall–Kier alpha value is -3.56. The molecule has 0 aliphatic heterocycles. The van der Waals surface area contributed by atoms with Crippen molar-refractivity contribution >= 4 is 28.5 Å². The summed E-state index contributed by atoms with van der Waals surface area (Å²) in [5, 5.41) is 10.3. The van der Waals surface area contributed by atoms with E-state index in [0.29, 0.717) is 47.0 Å². The van der Waals surface area contributed by atoms with Crippen molar-refractivity contribution < 1.29 is 41.0 Å². The molecule has 1 aliphatic carbocycles. The Morgan fingerprint density at radius 3 is 2.35 bits per heavy atom. The molecule has 4 nitrogen and oxygen atoms in total. The zero-order valence-corrected chi connectivity index (χ0v) is 17.4. The number of fused-ring (bicyclic) bond motifs is 2. The smallest absolute Gasteiger partial charge is 0.439 e. The molecule has 1 N–H and O–H groups in total. The van der Waals surface area contributed by atoms with E-state index >= 15 is 0 Å². The molecule has 1 heterocycles. The van der Waals surface area contributed by atoms with E-state index in [9.17, 15) is 36.2 Å². The molecule has 2 aromatic carbocycles. The van der Waals surface area contributed by atoms with Gasteiger partial charge < -0.3 is 9.84 Å². The highest BCUT2D eigenvalue weighted by Crippen LogP contribution is 2.38. The average Bonchev–Trinajstić information content (AvgIpc) is 2.77. The largest absolute Gasteiger partial charge is 0.478 e. The number of hydrogen-bond donors (Lipinski definition) is 1. The van der Waals surface area contributed by atoms with Gasteiger partial charge in [-0.1, -0.05) is 30.3 Å². The quantitative estimate of drug-likeness (QED) is 0.413. The minimum absolute atomic E-state index is 0.183. The Balaban J connectivity index is 1.66. The number of hydrogen-bond acceptors (Lipinski definition) is 3. The lowest BCUT2D eigenvalue weighted by Crippen LogP contribution is -2.45. The topological polar surface area (TPSA) is 59.4 Å². The number of pyridine rings is 1. The minimum Gasteiger partial charge on any atom is -0.478 e. The zero-order chi connectivity index (χ0) is 24.7. The van der Waals surface area contributed by atoms with Crippen LogP contribution in [0.2, 0.25) is 0 Å². The Labute approximate surface area is 189 Å². The summed E-state index contributed by atoms with van der Waals surface area (Å²) in [6.45, 7) is 0. The van der Waals surface area contributed by atoms with E-state index in [4.69, 9.17) is 0 Å². The van der Waals surface area contributed by atoms with Crippen molar-refractivity contribution in [2.24, 2.45) is 0 Å². The summed E-state index contributed by atoms with van der Waals surface area (Å²) in [7, 11) is 0. The van der Waals surface area contributed by atoms with Crippen LogP contribution in [0.3, 0.4) is 0 Å². The van der Waals surface area contributed by atoms with E-state index in [2.05, 4.69) is 9.72 Å². The van der Waals surface area contributed by atoms with Crippen molar-refractivity contribution in [1.82, 2.24) is 4.98 Å². The van der Waals surface area contributed by atoms with Gasteiger partial charge in [0, 0.05) is 5.39 Å². The minimum atomic E-state index is -5.77. The van der Waals surface area contributed by atoms with Crippen LogP contribution in [0.15, 0.2) is 48.5 Å². The highest BCUT2D eigenvalue weighted by molar-refractivity contribution is 6.05. The summed E-state index contributed by atoms with van der Waals surface area (Å²) in [6, 6.07) is 11.5. The zero-order valence-electron chi connectivity index (χ0n) is 17.4. The van der Waals surface area contributed by atoms with Crippen LogP contribution in [0.25, 0.3) is 22.6 Å². The monoisotopic (exact) mass is 481 g/mol. The van der Waals surface area contributed by atoms with Crippen LogP contribution in [0.5, 0.6) is 5.75 Å². The van der Waals surface area contributed by atoms with Gasteiger partial charge >= 0.3 is 18.3 Å². The molecule has 0 fully saturated rings. The Morgan fingerprint density at radius 1 is 1.03 bits per heavy atom. The first-order valence-corrected chi connectivity index (χ1v) is 10.2. The molecule has 0 radical (unpaired) electrons. The molecule has 0 bridgehead atoms. The van der Waals surface area contributed by atoms with Crippen molar-refractivity contribution in [3.63, 3.8) is 0 Å². The highest BCUT2D eigenvalue weighted by Gasteiger charge is 2.59. The van der Waals surface area contributed by atoms with Gasteiger partial charge in [0.25, 0.3) is 6.17 Å². The van der Waals surface area contributed by atoms with Crippen LogP contribution in [-0.4, -0.2) is 34.5 Å². The standard InChI is InChI=1S/C24H17F6NO3/c25-22(23(26,27)28)24(29,30)34-15-10-8-13(9-11-15)12-14-4-3-6-17-19(21(32)33)16-5-1-2-7-18(16)31-20(14)17/h1-2,5,7-12,22H,3-4,6H2,(H,32,33). The maximum absolute atomic E-state index is 13.5. The van der Waals surface area contributed by atoms with E-state index in [1.807, 2.05) is 0 Å². The number of allylic oxidation sites excluding steroid dienone is 1. The van der Waals surface area contributed by atoms with E-state index in [0.717, 1.165) is 17.7 Å². The number of alkyl halides is 6. The van der Waals surface area contributed by atoms with E-state index < -0.39 is 30.2 Å². The van der Waals surface area contributed by atoms with E-state index in [1.54, 1.807) is 30.3 Å². The average molecular weight is 481 g/mol. The lowest BCUT2D eigenvalue weighted by Gasteiger charge is -2.23. The second kappa shape index (κ2) is 8.66. The maximum Gasteiger partial charge on any atom is 0.439 e. The number of halogens is 6. The van der Waals surface area contributed by atoms with Gasteiger partial charge in [0.15, 0.2) is 0 Å². The van der Waals surface area contributed by atoms with Gasteiger partial charge in [0.05, 0.1) is 16.8 Å². The van der Waals surface area contributed by atoms with Crippen LogP contribution in [-0.2, 0) is 6.42 Å². The molecule has 4 rings (SSSR count). The van der Waals surface area contributed by atoms with Crippen LogP contribution in [0, 0.1) is 0 Å². The number of carboxylic acids is 1. The molecular formula is C24H17F6NO3. The number of para-hydroxylation sites is 1. The molecule has 0 saturated carbocycles.